The van der Waals surface area contributed by atoms with E-state index in [1.54, 1.807) is 0 Å². The molecule has 90 valence electrons. The van der Waals surface area contributed by atoms with E-state index in [4.69, 9.17) is 10.2 Å². The first-order valence-electron chi connectivity index (χ1n) is 5.57. The van der Waals surface area contributed by atoms with Gasteiger partial charge in [0.15, 0.2) is 18.0 Å². The van der Waals surface area contributed by atoms with Gasteiger partial charge in [-0.3, -0.25) is 5.10 Å². The Morgan fingerprint density at radius 3 is 3.12 bits per heavy atom. The van der Waals surface area contributed by atoms with Crippen LogP contribution in [0.25, 0.3) is 11.6 Å². The Morgan fingerprint density at radius 2 is 2.47 bits per heavy atom. The van der Waals surface area contributed by atoms with Crippen LogP contribution in [0.1, 0.15) is 12.1 Å². The molecule has 3 heterocycles. The molecule has 1 aliphatic rings. The van der Waals surface area contributed by atoms with E-state index < -0.39 is 0 Å². The van der Waals surface area contributed by atoms with E-state index in [1.165, 1.54) is 6.39 Å². The zero-order valence-corrected chi connectivity index (χ0v) is 9.55. The van der Waals surface area contributed by atoms with Crippen molar-refractivity contribution in [3.8, 4) is 11.6 Å². The molecule has 0 bridgehead atoms. The Labute approximate surface area is 98.0 Å². The van der Waals surface area contributed by atoms with E-state index in [0.29, 0.717) is 17.5 Å². The first-order chi connectivity index (χ1) is 8.24. The lowest BCUT2D eigenvalue weighted by Crippen LogP contribution is -2.26. The van der Waals surface area contributed by atoms with Crippen LogP contribution in [0.4, 0.5) is 5.95 Å². The molecule has 1 fully saturated rings. The zero-order chi connectivity index (χ0) is 11.8. The Bertz CT molecular complexity index is 518. The van der Waals surface area contributed by atoms with Gasteiger partial charge in [-0.15, -0.1) is 5.10 Å². The number of nitrogens with zero attached hydrogens (tertiary/aromatic N) is 4. The average molecular weight is 234 g/mol. The van der Waals surface area contributed by atoms with Crippen molar-refractivity contribution in [1.29, 1.82) is 0 Å². The molecule has 0 saturated carbocycles. The number of hydrogen-bond donors (Lipinski definition) is 2. The van der Waals surface area contributed by atoms with Crippen molar-refractivity contribution < 1.29 is 4.42 Å². The van der Waals surface area contributed by atoms with Gasteiger partial charge >= 0.3 is 0 Å². The second-order valence-electron chi connectivity index (χ2n) is 4.25. The van der Waals surface area contributed by atoms with E-state index in [2.05, 4.69) is 25.1 Å². The normalized spacial score (nSPS) is 20.1. The molecule has 3 N–H and O–H groups in total. The third-order valence-electron chi connectivity index (χ3n) is 2.94. The molecule has 0 aromatic carbocycles. The van der Waals surface area contributed by atoms with Crippen LogP contribution in [-0.2, 0) is 0 Å². The molecule has 17 heavy (non-hydrogen) atoms. The molecule has 2 aromatic heterocycles. The van der Waals surface area contributed by atoms with Crippen molar-refractivity contribution in [2.24, 2.45) is 5.73 Å². The number of nitrogens with one attached hydrogen (secondary N) is 1. The van der Waals surface area contributed by atoms with E-state index >= 15 is 0 Å². The van der Waals surface area contributed by atoms with Gasteiger partial charge in [0.2, 0.25) is 5.95 Å². The van der Waals surface area contributed by atoms with Crippen LogP contribution in [0.5, 0.6) is 0 Å². The van der Waals surface area contributed by atoms with E-state index in [0.717, 1.165) is 25.2 Å². The fraction of sp³-hybridized carbons (Fsp3) is 0.500. The number of oxazole rings is 1. The van der Waals surface area contributed by atoms with Gasteiger partial charge in [-0.2, -0.15) is 4.98 Å². The summed E-state index contributed by atoms with van der Waals surface area (Å²) in [6, 6.07) is 0.212. The number of aromatic nitrogens is 4. The summed E-state index contributed by atoms with van der Waals surface area (Å²) in [6.45, 7) is 3.56. The fourth-order valence-electron chi connectivity index (χ4n) is 1.99. The number of aromatic amines is 1. The molecule has 1 unspecified atom stereocenters. The highest BCUT2D eigenvalue weighted by Crippen LogP contribution is 2.22. The van der Waals surface area contributed by atoms with E-state index in [-0.39, 0.29) is 6.04 Å². The molecule has 7 heteroatoms. The molecule has 7 nitrogen and oxygen atoms in total. The molecule has 1 atom stereocenters. The summed E-state index contributed by atoms with van der Waals surface area (Å²) < 4.78 is 5.26. The minimum Gasteiger partial charge on any atom is -0.440 e. The maximum atomic E-state index is 5.85. The predicted octanol–water partition coefficient (Wildman–Crippen LogP) is 0.306. The molecule has 1 saturated heterocycles. The maximum Gasteiger partial charge on any atom is 0.245 e. The third kappa shape index (κ3) is 1.78. The average Bonchev–Trinajstić information content (AvgIpc) is 2.97. The quantitative estimate of drug-likeness (QED) is 0.776. The molecule has 0 radical (unpaired) electrons. The Balaban J connectivity index is 1.86. The van der Waals surface area contributed by atoms with Crippen LogP contribution in [0, 0.1) is 6.92 Å². The number of aryl methyl sites for hydroxylation is 1. The van der Waals surface area contributed by atoms with Gasteiger partial charge in [0, 0.05) is 19.1 Å². The van der Waals surface area contributed by atoms with Crippen molar-refractivity contribution >= 4 is 5.95 Å². The first-order valence-corrected chi connectivity index (χ1v) is 5.57. The summed E-state index contributed by atoms with van der Waals surface area (Å²) in [5.41, 5.74) is 6.65. The summed E-state index contributed by atoms with van der Waals surface area (Å²) in [5.74, 6) is 1.91. The summed E-state index contributed by atoms with van der Waals surface area (Å²) in [7, 11) is 0. The van der Waals surface area contributed by atoms with Crippen LogP contribution in [0.15, 0.2) is 10.8 Å². The fourth-order valence-corrected chi connectivity index (χ4v) is 1.99. The van der Waals surface area contributed by atoms with Gasteiger partial charge in [-0.25, -0.2) is 4.98 Å². The molecular formula is C10H14N6O. The van der Waals surface area contributed by atoms with Crippen LogP contribution in [-0.4, -0.2) is 39.3 Å². The number of nitrogens with two attached hydrogens (primary N) is 1. The Morgan fingerprint density at radius 1 is 1.59 bits per heavy atom. The van der Waals surface area contributed by atoms with Crippen molar-refractivity contribution in [2.45, 2.75) is 19.4 Å². The van der Waals surface area contributed by atoms with Crippen LogP contribution >= 0.6 is 0 Å². The minimum atomic E-state index is 0.212. The summed E-state index contributed by atoms with van der Waals surface area (Å²) in [6.07, 6.45) is 2.38. The van der Waals surface area contributed by atoms with Crippen molar-refractivity contribution in [3.05, 3.63) is 12.1 Å². The predicted molar refractivity (Wildman–Crippen MR) is 61.4 cm³/mol. The molecule has 0 spiro atoms. The van der Waals surface area contributed by atoms with Crippen molar-refractivity contribution in [2.75, 3.05) is 18.0 Å². The first kappa shape index (κ1) is 10.3. The zero-order valence-electron chi connectivity index (χ0n) is 9.55. The summed E-state index contributed by atoms with van der Waals surface area (Å²) >= 11 is 0. The third-order valence-corrected chi connectivity index (χ3v) is 2.94. The standard InChI is InChI=1S/C10H14N6O/c1-6-8(17-5-12-6)9-13-10(15-14-9)16-3-2-7(11)4-16/h5,7H,2-4,11H2,1H3,(H,13,14,15). The monoisotopic (exact) mass is 234 g/mol. The highest BCUT2D eigenvalue weighted by Gasteiger charge is 2.23. The van der Waals surface area contributed by atoms with Crippen molar-refractivity contribution in [1.82, 2.24) is 20.2 Å². The number of rotatable bonds is 2. The summed E-state index contributed by atoms with van der Waals surface area (Å²) in [4.78, 5) is 10.5. The lowest BCUT2D eigenvalue weighted by atomic mass is 10.3. The van der Waals surface area contributed by atoms with E-state index in [9.17, 15) is 0 Å². The maximum absolute atomic E-state index is 5.85. The summed E-state index contributed by atoms with van der Waals surface area (Å²) in [5, 5.41) is 7.04. The van der Waals surface area contributed by atoms with Gasteiger partial charge in [-0.05, 0) is 13.3 Å². The topological polar surface area (TPSA) is 96.9 Å². The molecule has 3 rings (SSSR count). The Kier molecular flexibility index (Phi) is 2.32. The van der Waals surface area contributed by atoms with Crippen LogP contribution < -0.4 is 10.6 Å². The van der Waals surface area contributed by atoms with Crippen molar-refractivity contribution in [3.63, 3.8) is 0 Å². The molecule has 0 aliphatic carbocycles. The number of H-pyrrole nitrogens is 1. The van der Waals surface area contributed by atoms with Crippen LogP contribution in [0.3, 0.4) is 0 Å². The highest BCUT2D eigenvalue weighted by molar-refractivity contribution is 5.51. The lowest BCUT2D eigenvalue weighted by Gasteiger charge is -2.11. The Hall–Kier alpha value is -1.89. The second kappa shape index (κ2) is 3.85. The molecular weight excluding hydrogens is 220 g/mol. The number of anilines is 1. The van der Waals surface area contributed by atoms with Gasteiger partial charge in [-0.1, -0.05) is 0 Å². The molecule has 0 amide bonds. The second-order valence-corrected chi connectivity index (χ2v) is 4.25. The van der Waals surface area contributed by atoms with Crippen LogP contribution in [0.2, 0.25) is 0 Å². The molecule has 1 aliphatic heterocycles. The largest absolute Gasteiger partial charge is 0.440 e. The van der Waals surface area contributed by atoms with Gasteiger partial charge in [0.1, 0.15) is 0 Å². The molecule has 2 aromatic rings. The van der Waals surface area contributed by atoms with E-state index in [1.807, 2.05) is 6.92 Å². The highest BCUT2D eigenvalue weighted by atomic mass is 16.3. The minimum absolute atomic E-state index is 0.212. The number of hydrogen-bond acceptors (Lipinski definition) is 6. The SMILES string of the molecule is Cc1ncoc1-c1nc(N2CCC(N)C2)n[nH]1. The van der Waals surface area contributed by atoms with Gasteiger partial charge < -0.3 is 15.1 Å². The van der Waals surface area contributed by atoms with Gasteiger partial charge in [0.05, 0.1) is 5.69 Å². The smallest absolute Gasteiger partial charge is 0.245 e. The lowest BCUT2D eigenvalue weighted by molar-refractivity contribution is 0.567. The van der Waals surface area contributed by atoms with Gasteiger partial charge in [0.25, 0.3) is 0 Å².